The summed E-state index contributed by atoms with van der Waals surface area (Å²) in [6.45, 7) is 2.68. The molecule has 2 heterocycles. The zero-order chi connectivity index (χ0) is 21.5. The monoisotopic (exact) mass is 430 g/mol. The van der Waals surface area contributed by atoms with Crippen LogP contribution in [-0.4, -0.2) is 33.7 Å². The fraction of sp³-hybridized carbons (Fsp3) is 0.318. The van der Waals surface area contributed by atoms with Crippen LogP contribution in [0.4, 0.5) is 10.1 Å². The molecule has 158 valence electrons. The van der Waals surface area contributed by atoms with Gasteiger partial charge in [0.15, 0.2) is 0 Å². The molecule has 0 fully saturated rings. The van der Waals surface area contributed by atoms with Gasteiger partial charge in [-0.25, -0.2) is 12.8 Å². The SMILES string of the molecule is CCNC(=O)c1c(-c2ccc(F)cc2)oc2cc3c(cc12)CCCCN3S(C)(=O)=O. The quantitative estimate of drug-likeness (QED) is 0.676. The van der Waals surface area contributed by atoms with Crippen molar-refractivity contribution in [1.29, 1.82) is 0 Å². The molecular formula is C22H23FN2O4S. The van der Waals surface area contributed by atoms with Crippen LogP contribution in [-0.2, 0) is 16.4 Å². The van der Waals surface area contributed by atoms with E-state index in [4.69, 9.17) is 4.42 Å². The number of sulfonamides is 1. The minimum absolute atomic E-state index is 0.288. The largest absolute Gasteiger partial charge is 0.455 e. The molecule has 0 spiro atoms. The summed E-state index contributed by atoms with van der Waals surface area (Å²) in [5, 5.41) is 3.43. The normalized spacial score (nSPS) is 14.4. The van der Waals surface area contributed by atoms with Crippen molar-refractivity contribution < 1.29 is 22.0 Å². The van der Waals surface area contributed by atoms with Crippen molar-refractivity contribution in [2.45, 2.75) is 26.2 Å². The van der Waals surface area contributed by atoms with E-state index in [0.29, 0.717) is 53.1 Å². The lowest BCUT2D eigenvalue weighted by atomic mass is 10.0. The standard InChI is InChI=1S/C22H23FN2O4S/c1-3-24-22(26)20-17-12-15-6-4-5-11-25(30(2,27)28)18(15)13-19(17)29-21(20)14-7-9-16(23)10-8-14/h7-10,12-13H,3-6,11H2,1-2H3,(H,24,26). The predicted octanol–water partition coefficient (Wildman–Crippen LogP) is 4.09. The van der Waals surface area contributed by atoms with E-state index in [-0.39, 0.29) is 11.7 Å². The Labute approximate surface area is 174 Å². The number of carbonyl (C=O) groups is 1. The zero-order valence-electron chi connectivity index (χ0n) is 16.9. The Morgan fingerprint density at radius 2 is 1.93 bits per heavy atom. The molecule has 0 atom stereocenters. The summed E-state index contributed by atoms with van der Waals surface area (Å²) >= 11 is 0. The Bertz CT molecular complexity index is 1220. The number of anilines is 1. The summed E-state index contributed by atoms with van der Waals surface area (Å²) in [6, 6.07) is 9.30. The summed E-state index contributed by atoms with van der Waals surface area (Å²) in [4.78, 5) is 12.9. The Hall–Kier alpha value is -2.87. The van der Waals surface area contributed by atoms with Gasteiger partial charge in [0.05, 0.1) is 17.5 Å². The number of hydrogen-bond donors (Lipinski definition) is 1. The van der Waals surface area contributed by atoms with Gasteiger partial charge < -0.3 is 9.73 Å². The van der Waals surface area contributed by atoms with Crippen molar-refractivity contribution in [1.82, 2.24) is 5.32 Å². The number of rotatable bonds is 4. The van der Waals surface area contributed by atoms with Gasteiger partial charge >= 0.3 is 0 Å². The Morgan fingerprint density at radius 1 is 1.20 bits per heavy atom. The molecule has 1 N–H and O–H groups in total. The van der Waals surface area contributed by atoms with Crippen molar-refractivity contribution in [3.05, 3.63) is 53.3 Å². The maximum Gasteiger partial charge on any atom is 0.255 e. The lowest BCUT2D eigenvalue weighted by Gasteiger charge is -2.22. The molecule has 4 rings (SSSR count). The van der Waals surface area contributed by atoms with Crippen LogP contribution in [0.3, 0.4) is 0 Å². The molecule has 0 unspecified atom stereocenters. The van der Waals surface area contributed by atoms with E-state index >= 15 is 0 Å². The first-order valence-electron chi connectivity index (χ1n) is 9.91. The molecule has 30 heavy (non-hydrogen) atoms. The number of carbonyl (C=O) groups excluding carboxylic acids is 1. The third-order valence-corrected chi connectivity index (χ3v) is 6.47. The van der Waals surface area contributed by atoms with Crippen molar-refractivity contribution >= 4 is 32.6 Å². The van der Waals surface area contributed by atoms with E-state index in [1.807, 2.05) is 13.0 Å². The molecule has 1 aliphatic heterocycles. The van der Waals surface area contributed by atoms with E-state index in [9.17, 15) is 17.6 Å². The summed E-state index contributed by atoms with van der Waals surface area (Å²) in [5.41, 5.74) is 2.82. The van der Waals surface area contributed by atoms with Crippen molar-refractivity contribution in [3.8, 4) is 11.3 Å². The lowest BCUT2D eigenvalue weighted by Crippen LogP contribution is -2.30. The number of aryl methyl sites for hydroxylation is 1. The van der Waals surface area contributed by atoms with Crippen molar-refractivity contribution in [2.75, 3.05) is 23.7 Å². The summed E-state index contributed by atoms with van der Waals surface area (Å²) in [6.07, 6.45) is 3.51. The molecular weight excluding hydrogens is 407 g/mol. The van der Waals surface area contributed by atoms with Gasteiger partial charge in [-0.1, -0.05) is 0 Å². The third kappa shape index (κ3) is 3.67. The number of furan rings is 1. The van der Waals surface area contributed by atoms with Gasteiger partial charge in [-0.3, -0.25) is 9.10 Å². The van der Waals surface area contributed by atoms with Crippen LogP contribution in [0.5, 0.6) is 0 Å². The highest BCUT2D eigenvalue weighted by Gasteiger charge is 2.27. The fourth-order valence-electron chi connectivity index (χ4n) is 3.92. The highest BCUT2D eigenvalue weighted by molar-refractivity contribution is 7.92. The van der Waals surface area contributed by atoms with E-state index in [0.717, 1.165) is 18.4 Å². The average Bonchev–Trinajstić information content (AvgIpc) is 2.91. The van der Waals surface area contributed by atoms with E-state index in [1.165, 1.54) is 22.7 Å². The second-order valence-corrected chi connectivity index (χ2v) is 9.35. The number of halogens is 1. The summed E-state index contributed by atoms with van der Waals surface area (Å²) in [7, 11) is -3.45. The van der Waals surface area contributed by atoms with Crippen LogP contribution >= 0.6 is 0 Å². The summed E-state index contributed by atoms with van der Waals surface area (Å²) < 4.78 is 45.6. The van der Waals surface area contributed by atoms with Crippen LogP contribution in [0.2, 0.25) is 0 Å². The van der Waals surface area contributed by atoms with Gasteiger partial charge in [-0.15, -0.1) is 0 Å². The molecule has 0 saturated heterocycles. The Balaban J connectivity index is 1.98. The molecule has 2 aromatic carbocycles. The second kappa shape index (κ2) is 7.75. The maximum atomic E-state index is 13.4. The van der Waals surface area contributed by atoms with Gasteiger partial charge in [0.25, 0.3) is 5.91 Å². The molecule has 1 aromatic heterocycles. The second-order valence-electron chi connectivity index (χ2n) is 7.44. The minimum Gasteiger partial charge on any atom is -0.455 e. The molecule has 1 aliphatic rings. The number of benzene rings is 2. The third-order valence-electron chi connectivity index (χ3n) is 5.29. The fourth-order valence-corrected chi connectivity index (χ4v) is 4.91. The highest BCUT2D eigenvalue weighted by Crippen LogP contribution is 2.39. The number of nitrogens with one attached hydrogen (secondary N) is 1. The van der Waals surface area contributed by atoms with Gasteiger partial charge in [0.2, 0.25) is 10.0 Å². The Morgan fingerprint density at radius 3 is 2.60 bits per heavy atom. The topological polar surface area (TPSA) is 79.6 Å². The predicted molar refractivity (Wildman–Crippen MR) is 115 cm³/mol. The average molecular weight is 431 g/mol. The van der Waals surface area contributed by atoms with Crippen molar-refractivity contribution in [3.63, 3.8) is 0 Å². The van der Waals surface area contributed by atoms with Gasteiger partial charge in [0.1, 0.15) is 17.2 Å². The molecule has 0 bridgehead atoms. The zero-order valence-corrected chi connectivity index (χ0v) is 17.7. The van der Waals surface area contributed by atoms with Crippen molar-refractivity contribution in [2.24, 2.45) is 0 Å². The van der Waals surface area contributed by atoms with Crippen LogP contribution in [0, 0.1) is 5.82 Å². The molecule has 0 radical (unpaired) electrons. The number of hydrogen-bond acceptors (Lipinski definition) is 4. The van der Waals surface area contributed by atoms with Crippen LogP contribution in [0.15, 0.2) is 40.8 Å². The minimum atomic E-state index is -3.45. The van der Waals surface area contributed by atoms with Crippen LogP contribution in [0.1, 0.15) is 35.7 Å². The first-order valence-corrected chi connectivity index (χ1v) is 11.8. The molecule has 6 nitrogen and oxygen atoms in total. The molecule has 8 heteroatoms. The Kier molecular flexibility index (Phi) is 5.27. The molecule has 3 aromatic rings. The van der Waals surface area contributed by atoms with Gasteiger partial charge in [0, 0.05) is 30.1 Å². The summed E-state index contributed by atoms with van der Waals surface area (Å²) in [5.74, 6) is -0.337. The highest BCUT2D eigenvalue weighted by atomic mass is 32.2. The van der Waals surface area contributed by atoms with E-state index < -0.39 is 10.0 Å². The van der Waals surface area contributed by atoms with E-state index in [2.05, 4.69) is 5.32 Å². The number of nitrogens with zero attached hydrogens (tertiary/aromatic N) is 1. The van der Waals surface area contributed by atoms with Gasteiger partial charge in [-0.05, 0) is 62.1 Å². The molecule has 0 aliphatic carbocycles. The van der Waals surface area contributed by atoms with Crippen LogP contribution < -0.4 is 9.62 Å². The first-order chi connectivity index (χ1) is 14.3. The smallest absolute Gasteiger partial charge is 0.255 e. The number of amides is 1. The molecule has 1 amide bonds. The van der Waals surface area contributed by atoms with Crippen LogP contribution in [0.25, 0.3) is 22.3 Å². The van der Waals surface area contributed by atoms with E-state index in [1.54, 1.807) is 18.2 Å². The number of fused-ring (bicyclic) bond motifs is 2. The maximum absolute atomic E-state index is 13.4. The first kappa shape index (κ1) is 20.4. The van der Waals surface area contributed by atoms with Gasteiger partial charge in [-0.2, -0.15) is 0 Å². The lowest BCUT2D eigenvalue weighted by molar-refractivity contribution is 0.0957. The molecule has 0 saturated carbocycles.